The number of unbranched alkanes of at least 4 members (excludes halogenated alkanes) is 8. The van der Waals surface area contributed by atoms with E-state index in [2.05, 4.69) is 41.5 Å². The highest BCUT2D eigenvalue weighted by atomic mass is 16.5. The lowest BCUT2D eigenvalue weighted by atomic mass is 9.44. The average Bonchev–Trinajstić information content (AvgIpc) is 3.29. The van der Waals surface area contributed by atoms with Gasteiger partial charge in [0.15, 0.2) is 0 Å². The number of esters is 1. The molecule has 4 aliphatic carbocycles. The molecule has 238 valence electrons. The van der Waals surface area contributed by atoms with E-state index in [1.54, 1.807) is 0 Å². The van der Waals surface area contributed by atoms with Crippen LogP contribution in [0.15, 0.2) is 0 Å². The van der Waals surface area contributed by atoms with Crippen LogP contribution in [0.2, 0.25) is 0 Å². The van der Waals surface area contributed by atoms with Gasteiger partial charge in [0.25, 0.3) is 0 Å². The van der Waals surface area contributed by atoms with E-state index in [9.17, 15) is 4.79 Å². The van der Waals surface area contributed by atoms with Crippen molar-refractivity contribution in [1.29, 1.82) is 0 Å². The molecule has 0 aromatic rings. The fraction of sp³-hybridized carbons (Fsp3) is 0.974. The second-order valence-electron chi connectivity index (χ2n) is 16.5. The van der Waals surface area contributed by atoms with Crippen LogP contribution in [0.1, 0.15) is 183 Å². The summed E-state index contributed by atoms with van der Waals surface area (Å²) in [6, 6.07) is 0. The zero-order valence-corrected chi connectivity index (χ0v) is 28.5. The third kappa shape index (κ3) is 7.77. The molecule has 2 heteroatoms. The Morgan fingerprint density at radius 2 is 1.46 bits per heavy atom. The SMILES string of the molecule is CCCCCCCCCCCC(=O)OC1CCC[C@@H]2CC[C@@H]3[C@@H]4CC[C@@H]([C@@H](C)CCCC(C)C)[C@@]4(C)CC[C@@H]3[C@@]12C. The molecular weight excluding hydrogens is 500 g/mol. The van der Waals surface area contributed by atoms with Crippen LogP contribution in [0.4, 0.5) is 0 Å². The Bertz CT molecular complexity index is 788. The van der Waals surface area contributed by atoms with Crippen LogP contribution in [-0.2, 0) is 9.53 Å². The number of carbonyl (C=O) groups excluding carboxylic acids is 1. The molecule has 4 saturated carbocycles. The maximum atomic E-state index is 13.2. The quantitative estimate of drug-likeness (QED) is 0.136. The van der Waals surface area contributed by atoms with Crippen molar-refractivity contribution < 1.29 is 9.53 Å². The zero-order chi connectivity index (χ0) is 29.5. The van der Waals surface area contributed by atoms with Gasteiger partial charge in [0.2, 0.25) is 0 Å². The summed E-state index contributed by atoms with van der Waals surface area (Å²) in [6.45, 7) is 14.9. The van der Waals surface area contributed by atoms with Crippen molar-refractivity contribution in [2.75, 3.05) is 0 Å². The molecule has 0 radical (unpaired) electrons. The van der Waals surface area contributed by atoms with Gasteiger partial charge in [0, 0.05) is 11.8 Å². The minimum Gasteiger partial charge on any atom is -0.462 e. The number of hydrogen-bond acceptors (Lipinski definition) is 2. The predicted octanol–water partition coefficient (Wildman–Crippen LogP) is 11.9. The Kier molecular flexibility index (Phi) is 12.6. The Hall–Kier alpha value is -0.530. The van der Waals surface area contributed by atoms with E-state index in [0.29, 0.717) is 11.8 Å². The summed E-state index contributed by atoms with van der Waals surface area (Å²) >= 11 is 0. The van der Waals surface area contributed by atoms with Gasteiger partial charge in [0.1, 0.15) is 6.10 Å². The summed E-state index contributed by atoms with van der Waals surface area (Å²) in [5, 5.41) is 0. The van der Waals surface area contributed by atoms with Gasteiger partial charge in [0.05, 0.1) is 0 Å². The molecule has 0 saturated heterocycles. The van der Waals surface area contributed by atoms with E-state index in [1.807, 2.05) is 0 Å². The third-order valence-electron chi connectivity index (χ3n) is 13.6. The highest BCUT2D eigenvalue weighted by Gasteiger charge is 2.62. The summed E-state index contributed by atoms with van der Waals surface area (Å²) in [4.78, 5) is 13.2. The summed E-state index contributed by atoms with van der Waals surface area (Å²) in [5.74, 6) is 6.02. The number of ether oxygens (including phenoxy) is 1. The number of fused-ring (bicyclic) bond motifs is 5. The molecule has 4 aliphatic rings. The van der Waals surface area contributed by atoms with Gasteiger partial charge in [-0.2, -0.15) is 0 Å². The Labute approximate surface area is 256 Å². The van der Waals surface area contributed by atoms with Crippen LogP contribution < -0.4 is 0 Å². The van der Waals surface area contributed by atoms with Crippen LogP contribution >= 0.6 is 0 Å². The van der Waals surface area contributed by atoms with Gasteiger partial charge in [-0.25, -0.2) is 0 Å². The lowest BCUT2D eigenvalue weighted by Crippen LogP contribution is -2.58. The molecule has 0 aromatic heterocycles. The van der Waals surface area contributed by atoms with E-state index < -0.39 is 0 Å². The molecule has 0 aliphatic heterocycles. The average molecular weight is 571 g/mol. The molecule has 1 unspecified atom stereocenters. The fourth-order valence-electron chi connectivity index (χ4n) is 11.3. The molecule has 0 heterocycles. The molecule has 0 spiro atoms. The molecule has 9 atom stereocenters. The van der Waals surface area contributed by atoms with Crippen molar-refractivity contribution in [3.05, 3.63) is 0 Å². The lowest BCUT2D eigenvalue weighted by molar-refractivity contribution is -0.192. The van der Waals surface area contributed by atoms with Crippen molar-refractivity contribution in [2.24, 2.45) is 52.3 Å². The van der Waals surface area contributed by atoms with Gasteiger partial charge < -0.3 is 4.74 Å². The third-order valence-corrected chi connectivity index (χ3v) is 13.6. The number of hydrogen-bond donors (Lipinski definition) is 0. The number of rotatable bonds is 16. The molecule has 0 amide bonds. The smallest absolute Gasteiger partial charge is 0.306 e. The largest absolute Gasteiger partial charge is 0.462 e. The molecule has 0 N–H and O–H groups in total. The van der Waals surface area contributed by atoms with Crippen molar-refractivity contribution in [1.82, 2.24) is 0 Å². The van der Waals surface area contributed by atoms with Gasteiger partial charge in [-0.05, 0) is 111 Å². The fourth-order valence-corrected chi connectivity index (χ4v) is 11.3. The van der Waals surface area contributed by atoms with Gasteiger partial charge >= 0.3 is 5.97 Å². The van der Waals surface area contributed by atoms with Crippen LogP contribution in [0.25, 0.3) is 0 Å². The Morgan fingerprint density at radius 1 is 0.756 bits per heavy atom. The van der Waals surface area contributed by atoms with Crippen LogP contribution in [-0.4, -0.2) is 12.1 Å². The van der Waals surface area contributed by atoms with E-state index in [-0.39, 0.29) is 17.5 Å². The monoisotopic (exact) mass is 571 g/mol. The molecule has 2 nitrogen and oxygen atoms in total. The van der Waals surface area contributed by atoms with Gasteiger partial charge in [-0.15, -0.1) is 0 Å². The summed E-state index contributed by atoms with van der Waals surface area (Å²) in [7, 11) is 0. The maximum absolute atomic E-state index is 13.2. The van der Waals surface area contributed by atoms with Crippen molar-refractivity contribution >= 4 is 5.97 Å². The van der Waals surface area contributed by atoms with Crippen LogP contribution in [0.3, 0.4) is 0 Å². The standard InChI is InChI=1S/C39H70O2/c1-7-8-9-10-11-12-13-14-15-22-37(40)41-36-21-17-20-31-23-24-32-34-26-25-33(30(4)19-16-18-29(2)3)38(34,5)28-27-35(32)39(31,36)6/h29-36H,7-28H2,1-6H3/t30-,31+,32+,33-,34-,35-,36?,38+,39-/m0/s1. The van der Waals surface area contributed by atoms with Crippen molar-refractivity contribution in [3.8, 4) is 0 Å². The molecular formula is C39H70O2. The Balaban J connectivity index is 1.31. The molecule has 41 heavy (non-hydrogen) atoms. The Morgan fingerprint density at radius 3 is 2.17 bits per heavy atom. The van der Waals surface area contributed by atoms with E-state index in [0.717, 1.165) is 54.3 Å². The van der Waals surface area contributed by atoms with Crippen molar-refractivity contribution in [2.45, 2.75) is 189 Å². The molecule has 4 fully saturated rings. The van der Waals surface area contributed by atoms with Crippen molar-refractivity contribution in [3.63, 3.8) is 0 Å². The minimum absolute atomic E-state index is 0.110. The first-order chi connectivity index (χ1) is 19.7. The number of carbonyl (C=O) groups is 1. The normalized spacial score (nSPS) is 37.3. The van der Waals surface area contributed by atoms with E-state index in [4.69, 9.17) is 4.74 Å². The van der Waals surface area contributed by atoms with E-state index in [1.165, 1.54) is 122 Å². The molecule has 4 rings (SSSR count). The van der Waals surface area contributed by atoms with E-state index >= 15 is 0 Å². The predicted molar refractivity (Wildman–Crippen MR) is 175 cm³/mol. The van der Waals surface area contributed by atoms with Gasteiger partial charge in [-0.3, -0.25) is 4.79 Å². The van der Waals surface area contributed by atoms with Crippen LogP contribution in [0, 0.1) is 52.3 Å². The zero-order valence-electron chi connectivity index (χ0n) is 28.5. The second-order valence-corrected chi connectivity index (χ2v) is 16.5. The highest BCUT2D eigenvalue weighted by Crippen LogP contribution is 2.68. The van der Waals surface area contributed by atoms with Gasteiger partial charge in [-0.1, -0.05) is 112 Å². The first-order valence-corrected chi connectivity index (χ1v) is 18.9. The summed E-state index contributed by atoms with van der Waals surface area (Å²) in [6.07, 6.45) is 29.0. The second kappa shape index (κ2) is 15.5. The maximum Gasteiger partial charge on any atom is 0.306 e. The topological polar surface area (TPSA) is 26.3 Å². The first-order valence-electron chi connectivity index (χ1n) is 18.9. The summed E-state index contributed by atoms with van der Waals surface area (Å²) < 4.78 is 6.51. The molecule has 0 bridgehead atoms. The summed E-state index contributed by atoms with van der Waals surface area (Å²) in [5.41, 5.74) is 0.746. The first kappa shape index (κ1) is 33.4. The van der Waals surface area contributed by atoms with Crippen LogP contribution in [0.5, 0.6) is 0 Å². The molecule has 0 aromatic carbocycles. The minimum atomic E-state index is 0.110. The highest BCUT2D eigenvalue weighted by molar-refractivity contribution is 5.69. The lowest BCUT2D eigenvalue weighted by Gasteiger charge is -2.62.